The van der Waals surface area contributed by atoms with Crippen molar-refractivity contribution in [1.82, 2.24) is 9.97 Å². The molecule has 3 nitrogen and oxygen atoms in total. The van der Waals surface area contributed by atoms with E-state index in [-0.39, 0.29) is 0 Å². The molecule has 1 aliphatic rings. The number of nitrogen functional groups attached to an aromatic ring is 1. The van der Waals surface area contributed by atoms with Crippen LogP contribution in [0.25, 0.3) is 10.2 Å². The summed E-state index contributed by atoms with van der Waals surface area (Å²) in [6.07, 6.45) is 1.16. The fourth-order valence-electron chi connectivity index (χ4n) is 2.35. The van der Waals surface area contributed by atoms with Gasteiger partial charge in [-0.05, 0) is 19.4 Å². The van der Waals surface area contributed by atoms with Gasteiger partial charge in [0.1, 0.15) is 16.5 Å². The highest BCUT2D eigenvalue weighted by Crippen LogP contribution is 2.43. The number of nitrogens with zero attached hydrogens (tertiary/aromatic N) is 2. The maximum atomic E-state index is 6.10. The van der Waals surface area contributed by atoms with Gasteiger partial charge < -0.3 is 5.73 Å². The van der Waals surface area contributed by atoms with Gasteiger partial charge in [-0.25, -0.2) is 9.97 Å². The first-order valence-corrected chi connectivity index (χ1v) is 9.37. The van der Waals surface area contributed by atoms with E-state index < -0.39 is 0 Å². The molecule has 102 valence electrons. The highest BCUT2D eigenvalue weighted by atomic mass is 32.2. The van der Waals surface area contributed by atoms with Gasteiger partial charge in [-0.2, -0.15) is 11.8 Å². The Labute approximate surface area is 125 Å². The quantitative estimate of drug-likeness (QED) is 0.912. The summed E-state index contributed by atoms with van der Waals surface area (Å²) in [5.41, 5.74) is 6.10. The molecule has 1 fully saturated rings. The van der Waals surface area contributed by atoms with E-state index in [4.69, 9.17) is 10.7 Å². The molecule has 2 atom stereocenters. The second-order valence-corrected chi connectivity index (χ2v) is 8.48. The van der Waals surface area contributed by atoms with E-state index >= 15 is 0 Å². The van der Waals surface area contributed by atoms with Crippen LogP contribution in [0.4, 0.5) is 5.82 Å². The fourth-order valence-corrected chi connectivity index (χ4v) is 6.24. The van der Waals surface area contributed by atoms with Gasteiger partial charge in [0.05, 0.1) is 10.6 Å². The van der Waals surface area contributed by atoms with Crippen LogP contribution in [0, 0.1) is 6.92 Å². The number of aryl methyl sites for hydroxylation is 1. The molecular weight excluding hydrogens is 294 g/mol. The summed E-state index contributed by atoms with van der Waals surface area (Å²) in [7, 11) is 0. The molecule has 0 bridgehead atoms. The zero-order chi connectivity index (χ0) is 13.4. The highest BCUT2D eigenvalue weighted by molar-refractivity contribution is 8.06. The van der Waals surface area contributed by atoms with Crippen molar-refractivity contribution in [1.29, 1.82) is 0 Å². The van der Waals surface area contributed by atoms with Gasteiger partial charge >= 0.3 is 0 Å². The first-order valence-electron chi connectivity index (χ1n) is 6.45. The number of nitrogens with two attached hydrogens (primary N) is 1. The molecule has 2 aromatic heterocycles. The van der Waals surface area contributed by atoms with Gasteiger partial charge in [-0.1, -0.05) is 6.92 Å². The van der Waals surface area contributed by atoms with E-state index in [1.165, 1.54) is 16.4 Å². The number of fused-ring (bicyclic) bond motifs is 1. The molecule has 0 radical (unpaired) electrons. The minimum atomic E-state index is 0.387. The second-order valence-electron chi connectivity index (χ2n) is 4.65. The van der Waals surface area contributed by atoms with Gasteiger partial charge in [-0.15, -0.1) is 23.1 Å². The summed E-state index contributed by atoms with van der Waals surface area (Å²) < 4.78 is 0. The van der Waals surface area contributed by atoms with Crippen LogP contribution < -0.4 is 5.73 Å². The van der Waals surface area contributed by atoms with Crippen LogP contribution in [0.15, 0.2) is 6.07 Å². The molecule has 0 amide bonds. The minimum absolute atomic E-state index is 0.387. The number of hydrogen-bond acceptors (Lipinski definition) is 6. The molecule has 0 aromatic carbocycles. The van der Waals surface area contributed by atoms with Crippen molar-refractivity contribution in [2.75, 3.05) is 17.2 Å². The number of aromatic nitrogens is 2. The molecule has 3 rings (SSSR count). The van der Waals surface area contributed by atoms with Crippen LogP contribution >= 0.6 is 34.9 Å². The zero-order valence-corrected chi connectivity index (χ0v) is 13.5. The minimum Gasteiger partial charge on any atom is -0.383 e. The molecule has 0 aliphatic carbocycles. The van der Waals surface area contributed by atoms with Crippen LogP contribution in [0.5, 0.6) is 0 Å². The maximum absolute atomic E-state index is 6.10. The molecule has 2 aromatic rings. The van der Waals surface area contributed by atoms with Crippen LogP contribution in [-0.4, -0.2) is 26.7 Å². The normalized spacial score (nSPS) is 23.9. The predicted octanol–water partition coefficient (Wildman–Crippen LogP) is 3.88. The van der Waals surface area contributed by atoms with Crippen molar-refractivity contribution in [2.45, 2.75) is 30.8 Å². The van der Waals surface area contributed by atoms with Crippen molar-refractivity contribution in [3.63, 3.8) is 0 Å². The van der Waals surface area contributed by atoms with Crippen molar-refractivity contribution in [2.24, 2.45) is 0 Å². The smallest absolute Gasteiger partial charge is 0.146 e. The number of rotatable bonds is 2. The molecule has 2 unspecified atom stereocenters. The van der Waals surface area contributed by atoms with Gasteiger partial charge in [0.25, 0.3) is 0 Å². The fraction of sp³-hybridized carbons (Fsp3) is 0.538. The molecule has 19 heavy (non-hydrogen) atoms. The molecule has 6 heteroatoms. The Morgan fingerprint density at radius 3 is 2.89 bits per heavy atom. The maximum Gasteiger partial charge on any atom is 0.146 e. The van der Waals surface area contributed by atoms with Gasteiger partial charge in [0, 0.05) is 21.6 Å². The van der Waals surface area contributed by atoms with Gasteiger partial charge in [0.2, 0.25) is 0 Å². The van der Waals surface area contributed by atoms with Crippen LogP contribution in [0.1, 0.15) is 29.3 Å². The lowest BCUT2D eigenvalue weighted by Gasteiger charge is -2.28. The first-order chi connectivity index (χ1) is 9.19. The summed E-state index contributed by atoms with van der Waals surface area (Å²) in [5.74, 6) is 3.97. The third kappa shape index (κ3) is 2.58. The molecule has 1 aliphatic heterocycles. The Hall–Kier alpha value is -0.460. The van der Waals surface area contributed by atoms with Crippen molar-refractivity contribution in [3.05, 3.63) is 16.8 Å². The Morgan fingerprint density at radius 1 is 1.32 bits per heavy atom. The summed E-state index contributed by atoms with van der Waals surface area (Å²) >= 11 is 5.73. The number of thiophene rings is 1. The number of thioether (sulfide) groups is 2. The monoisotopic (exact) mass is 311 g/mol. The molecular formula is C13H17N3S3. The SMILES string of the molecule is CCC1SCCSC1c1nc(N)c2cc(C)sc2n1. The van der Waals surface area contributed by atoms with Gasteiger partial charge in [-0.3, -0.25) is 0 Å². The Bertz CT molecular complexity index is 596. The van der Waals surface area contributed by atoms with E-state index in [0.717, 1.165) is 22.5 Å². The largest absolute Gasteiger partial charge is 0.383 e. The molecule has 3 heterocycles. The lowest BCUT2D eigenvalue weighted by atomic mass is 10.2. The standard InChI is InChI=1S/C13H17N3S3/c1-3-9-10(18-5-4-17-9)12-15-11(14)8-6-7(2)19-13(8)16-12/h6,9-10H,3-5H2,1-2H3,(H2,14,15,16). The van der Waals surface area contributed by atoms with E-state index in [1.54, 1.807) is 11.3 Å². The summed E-state index contributed by atoms with van der Waals surface area (Å²) in [6.45, 7) is 4.33. The molecule has 2 N–H and O–H groups in total. The Balaban J connectivity index is 2.03. The topological polar surface area (TPSA) is 51.8 Å². The first kappa shape index (κ1) is 13.5. The van der Waals surface area contributed by atoms with E-state index in [0.29, 0.717) is 16.3 Å². The average molecular weight is 312 g/mol. The van der Waals surface area contributed by atoms with Crippen LogP contribution in [0.2, 0.25) is 0 Å². The molecule has 0 spiro atoms. The van der Waals surface area contributed by atoms with E-state index in [2.05, 4.69) is 24.9 Å². The predicted molar refractivity (Wildman–Crippen MR) is 88.3 cm³/mol. The van der Waals surface area contributed by atoms with Gasteiger partial charge in [0.15, 0.2) is 0 Å². The number of hydrogen-bond donors (Lipinski definition) is 1. The lowest BCUT2D eigenvalue weighted by Crippen LogP contribution is -2.20. The summed E-state index contributed by atoms with van der Waals surface area (Å²) in [6, 6.07) is 2.08. The zero-order valence-electron chi connectivity index (χ0n) is 11.0. The second kappa shape index (κ2) is 5.50. The highest BCUT2D eigenvalue weighted by Gasteiger charge is 2.29. The average Bonchev–Trinajstić information content (AvgIpc) is 2.79. The summed E-state index contributed by atoms with van der Waals surface area (Å²) in [5, 5.41) is 2.00. The summed E-state index contributed by atoms with van der Waals surface area (Å²) in [4.78, 5) is 11.6. The third-order valence-electron chi connectivity index (χ3n) is 3.27. The van der Waals surface area contributed by atoms with Crippen LogP contribution in [-0.2, 0) is 0 Å². The Kier molecular flexibility index (Phi) is 3.91. The van der Waals surface area contributed by atoms with E-state index in [1.807, 2.05) is 23.5 Å². The lowest BCUT2D eigenvalue weighted by molar-refractivity contribution is 0.756. The van der Waals surface area contributed by atoms with E-state index in [9.17, 15) is 0 Å². The third-order valence-corrected chi connectivity index (χ3v) is 7.46. The van der Waals surface area contributed by atoms with Crippen molar-refractivity contribution < 1.29 is 0 Å². The Morgan fingerprint density at radius 2 is 2.11 bits per heavy atom. The molecule has 0 saturated carbocycles. The van der Waals surface area contributed by atoms with Crippen molar-refractivity contribution >= 4 is 50.9 Å². The number of anilines is 1. The van der Waals surface area contributed by atoms with Crippen molar-refractivity contribution in [3.8, 4) is 0 Å². The van der Waals surface area contributed by atoms with Crippen LogP contribution in [0.3, 0.4) is 0 Å². The molecule has 1 saturated heterocycles.